The maximum atomic E-state index is 10.1. The summed E-state index contributed by atoms with van der Waals surface area (Å²) in [6.07, 6.45) is 1.24. The summed E-state index contributed by atoms with van der Waals surface area (Å²) < 4.78 is 5.33. The number of ether oxygens (including phenoxy) is 1. The van der Waals surface area contributed by atoms with Crippen LogP contribution in [-0.4, -0.2) is 42.4 Å². The summed E-state index contributed by atoms with van der Waals surface area (Å²) in [5.41, 5.74) is 2.56. The smallest absolute Gasteiger partial charge is 0.0900 e. The molecule has 0 fully saturated rings. The molecule has 0 radical (unpaired) electrons. The molecule has 1 N–H and O–H groups in total. The Morgan fingerprint density at radius 3 is 2.71 bits per heavy atom. The topological polar surface area (TPSA) is 32.7 Å². The fourth-order valence-corrected chi connectivity index (χ4v) is 2.43. The first-order valence-corrected chi connectivity index (χ1v) is 7.66. The normalized spacial score (nSPS) is 12.9. The Morgan fingerprint density at radius 2 is 2.10 bits per heavy atom. The van der Waals surface area contributed by atoms with Crippen LogP contribution in [0.1, 0.15) is 25.0 Å². The highest BCUT2D eigenvalue weighted by atomic mass is 16.5. The Kier molecular flexibility index (Phi) is 8.28. The molecule has 0 aliphatic rings. The molecule has 0 amide bonds. The lowest BCUT2D eigenvalue weighted by Crippen LogP contribution is -2.36. The summed E-state index contributed by atoms with van der Waals surface area (Å²) in [5.74, 6) is 0.566. The van der Waals surface area contributed by atoms with E-state index in [1.165, 1.54) is 11.1 Å². The minimum absolute atomic E-state index is 0.356. The van der Waals surface area contributed by atoms with Gasteiger partial charge in [0, 0.05) is 19.6 Å². The first-order chi connectivity index (χ1) is 10.0. The van der Waals surface area contributed by atoms with Gasteiger partial charge in [-0.15, -0.1) is 6.58 Å². The zero-order valence-corrected chi connectivity index (χ0v) is 13.6. The second-order valence-corrected chi connectivity index (χ2v) is 6.06. The van der Waals surface area contributed by atoms with Crippen LogP contribution < -0.4 is 0 Å². The number of rotatable bonds is 10. The third-order valence-corrected chi connectivity index (χ3v) is 3.13. The number of nitrogens with zero attached hydrogens (tertiary/aromatic N) is 1. The van der Waals surface area contributed by atoms with E-state index in [0.717, 1.165) is 13.1 Å². The van der Waals surface area contributed by atoms with Crippen LogP contribution in [0.15, 0.2) is 36.9 Å². The first kappa shape index (κ1) is 17.9. The van der Waals surface area contributed by atoms with Crippen molar-refractivity contribution < 1.29 is 9.84 Å². The van der Waals surface area contributed by atoms with Gasteiger partial charge in [0.05, 0.1) is 19.3 Å². The Balaban J connectivity index is 2.56. The first-order valence-electron chi connectivity index (χ1n) is 7.66. The number of aliphatic hydroxyl groups excluding tert-OH is 1. The van der Waals surface area contributed by atoms with Gasteiger partial charge in [-0.3, -0.25) is 4.90 Å². The summed E-state index contributed by atoms with van der Waals surface area (Å²) in [6.45, 7) is 13.4. The number of benzene rings is 1. The van der Waals surface area contributed by atoms with Gasteiger partial charge in [0.1, 0.15) is 0 Å². The van der Waals surface area contributed by atoms with E-state index in [9.17, 15) is 5.11 Å². The molecule has 1 unspecified atom stereocenters. The predicted molar refractivity (Wildman–Crippen MR) is 88.3 cm³/mol. The average Bonchev–Trinajstić information content (AvgIpc) is 2.38. The molecule has 0 bridgehead atoms. The Bertz CT molecular complexity index is 417. The van der Waals surface area contributed by atoms with Crippen LogP contribution >= 0.6 is 0 Å². The van der Waals surface area contributed by atoms with E-state index in [-0.39, 0.29) is 0 Å². The lowest BCUT2D eigenvalue weighted by atomic mass is 10.1. The van der Waals surface area contributed by atoms with Crippen molar-refractivity contribution in [2.45, 2.75) is 33.4 Å². The summed E-state index contributed by atoms with van der Waals surface area (Å²) in [7, 11) is 0. The van der Waals surface area contributed by atoms with Crippen LogP contribution in [0.5, 0.6) is 0 Å². The molecule has 0 aromatic heterocycles. The van der Waals surface area contributed by atoms with E-state index in [0.29, 0.717) is 25.7 Å². The van der Waals surface area contributed by atoms with E-state index < -0.39 is 6.10 Å². The van der Waals surface area contributed by atoms with Gasteiger partial charge < -0.3 is 9.84 Å². The van der Waals surface area contributed by atoms with Crippen molar-refractivity contribution >= 4 is 0 Å². The molecule has 118 valence electrons. The highest BCUT2D eigenvalue weighted by Gasteiger charge is 2.14. The van der Waals surface area contributed by atoms with Crippen molar-refractivity contribution in [2.75, 3.05) is 26.3 Å². The monoisotopic (exact) mass is 291 g/mol. The lowest BCUT2D eigenvalue weighted by molar-refractivity contribution is 0.0223. The van der Waals surface area contributed by atoms with Gasteiger partial charge in [-0.2, -0.15) is 0 Å². The second kappa shape index (κ2) is 9.72. The maximum Gasteiger partial charge on any atom is 0.0900 e. The molecule has 0 spiro atoms. The number of aryl methyl sites for hydroxylation is 1. The molecule has 0 saturated carbocycles. The van der Waals surface area contributed by atoms with Crippen LogP contribution in [0.2, 0.25) is 0 Å². The molecule has 0 aliphatic heterocycles. The van der Waals surface area contributed by atoms with Gasteiger partial charge in [-0.25, -0.2) is 0 Å². The Labute approximate surface area is 129 Å². The quantitative estimate of drug-likeness (QED) is 0.531. The van der Waals surface area contributed by atoms with Crippen molar-refractivity contribution in [1.29, 1.82) is 0 Å². The fraction of sp³-hybridized carbons (Fsp3) is 0.556. The van der Waals surface area contributed by atoms with Crippen molar-refractivity contribution in [3.63, 3.8) is 0 Å². The third-order valence-electron chi connectivity index (χ3n) is 3.13. The van der Waals surface area contributed by atoms with Gasteiger partial charge in [-0.05, 0) is 18.4 Å². The summed E-state index contributed by atoms with van der Waals surface area (Å²) in [4.78, 5) is 2.29. The molecule has 0 aliphatic carbocycles. The summed E-state index contributed by atoms with van der Waals surface area (Å²) in [5, 5.41) is 10.1. The van der Waals surface area contributed by atoms with E-state index in [2.05, 4.69) is 56.5 Å². The van der Waals surface area contributed by atoms with Crippen LogP contribution in [0.3, 0.4) is 0 Å². The standard InChI is InChI=1S/C18H29NO2/c1-5-9-21-14-18(20)13-19(11-15(2)3)12-17-8-6-7-16(4)10-17/h5-8,10,15,18,20H,1,9,11-14H2,2-4H3. The fourth-order valence-electron chi connectivity index (χ4n) is 2.43. The van der Waals surface area contributed by atoms with Crippen LogP contribution in [0.4, 0.5) is 0 Å². The molecular weight excluding hydrogens is 262 g/mol. The molecule has 0 heterocycles. The SMILES string of the molecule is C=CCOCC(O)CN(Cc1cccc(C)c1)CC(C)C. The Hall–Kier alpha value is -1.16. The number of hydrogen-bond donors (Lipinski definition) is 1. The van der Waals surface area contributed by atoms with Crippen LogP contribution in [-0.2, 0) is 11.3 Å². The zero-order valence-electron chi connectivity index (χ0n) is 13.6. The minimum atomic E-state index is -0.464. The molecule has 3 heteroatoms. The second-order valence-electron chi connectivity index (χ2n) is 6.06. The van der Waals surface area contributed by atoms with Crippen molar-refractivity contribution in [2.24, 2.45) is 5.92 Å². The molecule has 0 saturated heterocycles. The van der Waals surface area contributed by atoms with Gasteiger partial charge in [-0.1, -0.05) is 49.8 Å². The zero-order chi connectivity index (χ0) is 15.7. The molecule has 21 heavy (non-hydrogen) atoms. The van der Waals surface area contributed by atoms with E-state index >= 15 is 0 Å². The van der Waals surface area contributed by atoms with Crippen molar-refractivity contribution in [3.05, 3.63) is 48.0 Å². The Morgan fingerprint density at radius 1 is 1.33 bits per heavy atom. The highest BCUT2D eigenvalue weighted by Crippen LogP contribution is 2.10. The van der Waals surface area contributed by atoms with Gasteiger partial charge in [0.2, 0.25) is 0 Å². The molecule has 1 atom stereocenters. The predicted octanol–water partition coefficient (Wildman–Crippen LogP) is 3.02. The van der Waals surface area contributed by atoms with Crippen molar-refractivity contribution in [1.82, 2.24) is 4.90 Å². The maximum absolute atomic E-state index is 10.1. The minimum Gasteiger partial charge on any atom is -0.389 e. The average molecular weight is 291 g/mol. The lowest BCUT2D eigenvalue weighted by Gasteiger charge is -2.27. The van der Waals surface area contributed by atoms with Gasteiger partial charge in [0.15, 0.2) is 0 Å². The molecular formula is C18H29NO2. The largest absolute Gasteiger partial charge is 0.389 e. The van der Waals surface area contributed by atoms with Gasteiger partial charge >= 0.3 is 0 Å². The number of aliphatic hydroxyl groups is 1. The van der Waals surface area contributed by atoms with Crippen molar-refractivity contribution in [3.8, 4) is 0 Å². The summed E-state index contributed by atoms with van der Waals surface area (Å²) in [6, 6.07) is 8.53. The van der Waals surface area contributed by atoms with E-state index in [1.54, 1.807) is 6.08 Å². The van der Waals surface area contributed by atoms with E-state index in [4.69, 9.17) is 4.74 Å². The molecule has 3 nitrogen and oxygen atoms in total. The summed E-state index contributed by atoms with van der Waals surface area (Å²) >= 11 is 0. The molecule has 1 aromatic carbocycles. The molecule has 1 rings (SSSR count). The van der Waals surface area contributed by atoms with E-state index in [1.807, 2.05) is 0 Å². The number of hydrogen-bond acceptors (Lipinski definition) is 3. The van der Waals surface area contributed by atoms with Crippen LogP contribution in [0, 0.1) is 12.8 Å². The third kappa shape index (κ3) is 8.00. The molecule has 1 aromatic rings. The van der Waals surface area contributed by atoms with Gasteiger partial charge in [0.25, 0.3) is 0 Å². The van der Waals surface area contributed by atoms with Crippen LogP contribution in [0.25, 0.3) is 0 Å². The highest BCUT2D eigenvalue weighted by molar-refractivity contribution is 5.22.